The van der Waals surface area contributed by atoms with Crippen LogP contribution in [0.15, 0.2) is 58.3 Å². The Bertz CT molecular complexity index is 963. The summed E-state index contributed by atoms with van der Waals surface area (Å²) in [5.74, 6) is 0. The lowest BCUT2D eigenvalue weighted by atomic mass is 10.2. The Morgan fingerprint density at radius 3 is 1.92 bits per heavy atom. The smallest absolute Gasteiger partial charge is 0.261 e. The predicted octanol–water partition coefficient (Wildman–Crippen LogP) is 1.73. The molecule has 3 rings (SSSR count). The first-order valence-electron chi connectivity index (χ1n) is 8.01. The predicted molar refractivity (Wildman–Crippen MR) is 99.8 cm³/mol. The standard InChI is InChI=1S/C17H20N2O5S2/c1-25(20,21)16-6-8-17(9-7-16)26(22,23)18-14-2-4-15(5-3-14)19-10-12-24-13-11-19/h2-9,18H,10-13H2,1H3. The van der Waals surface area contributed by atoms with E-state index in [1.807, 2.05) is 12.1 Å². The minimum Gasteiger partial charge on any atom is -0.378 e. The van der Waals surface area contributed by atoms with Gasteiger partial charge in [0, 0.05) is 30.7 Å². The molecule has 0 atom stereocenters. The Kier molecular flexibility index (Phi) is 5.22. The van der Waals surface area contributed by atoms with Crippen LogP contribution in [0.1, 0.15) is 0 Å². The van der Waals surface area contributed by atoms with E-state index in [0.717, 1.165) is 25.0 Å². The van der Waals surface area contributed by atoms with Gasteiger partial charge in [0.05, 0.1) is 23.0 Å². The highest BCUT2D eigenvalue weighted by Crippen LogP contribution is 2.22. The molecule has 1 saturated heterocycles. The van der Waals surface area contributed by atoms with Crippen molar-refractivity contribution in [1.82, 2.24) is 0 Å². The number of anilines is 2. The second-order valence-electron chi connectivity index (χ2n) is 6.00. The lowest BCUT2D eigenvalue weighted by molar-refractivity contribution is 0.122. The maximum atomic E-state index is 12.5. The maximum absolute atomic E-state index is 12.5. The number of nitrogens with zero attached hydrogens (tertiary/aromatic N) is 1. The Morgan fingerprint density at radius 2 is 1.38 bits per heavy atom. The molecule has 0 amide bonds. The van der Waals surface area contributed by atoms with Gasteiger partial charge in [-0.05, 0) is 48.5 Å². The van der Waals surface area contributed by atoms with Crippen molar-refractivity contribution < 1.29 is 21.6 Å². The van der Waals surface area contributed by atoms with Gasteiger partial charge >= 0.3 is 0 Å². The normalized spacial score (nSPS) is 15.7. The van der Waals surface area contributed by atoms with E-state index in [1.165, 1.54) is 24.3 Å². The number of nitrogens with one attached hydrogen (secondary N) is 1. The van der Waals surface area contributed by atoms with Crippen LogP contribution in [0.5, 0.6) is 0 Å². The third kappa shape index (κ3) is 4.35. The molecule has 0 spiro atoms. The van der Waals surface area contributed by atoms with E-state index in [4.69, 9.17) is 4.74 Å². The zero-order chi connectivity index (χ0) is 18.8. The molecule has 1 heterocycles. The highest BCUT2D eigenvalue weighted by atomic mass is 32.2. The molecule has 26 heavy (non-hydrogen) atoms. The summed E-state index contributed by atoms with van der Waals surface area (Å²) in [5, 5.41) is 0. The van der Waals surface area contributed by atoms with Crippen molar-refractivity contribution in [2.45, 2.75) is 9.79 Å². The number of hydrogen-bond donors (Lipinski definition) is 1. The van der Waals surface area contributed by atoms with E-state index >= 15 is 0 Å². The van der Waals surface area contributed by atoms with E-state index in [0.29, 0.717) is 18.9 Å². The average molecular weight is 396 g/mol. The van der Waals surface area contributed by atoms with Crippen LogP contribution in [0.2, 0.25) is 0 Å². The fraction of sp³-hybridized carbons (Fsp3) is 0.294. The van der Waals surface area contributed by atoms with Gasteiger partial charge in [-0.3, -0.25) is 4.72 Å². The molecule has 0 bridgehead atoms. The van der Waals surface area contributed by atoms with Crippen LogP contribution in [0.3, 0.4) is 0 Å². The first-order valence-corrected chi connectivity index (χ1v) is 11.4. The Balaban J connectivity index is 1.74. The van der Waals surface area contributed by atoms with Crippen LogP contribution in [0, 0.1) is 0 Å². The van der Waals surface area contributed by atoms with E-state index in [-0.39, 0.29) is 9.79 Å². The van der Waals surface area contributed by atoms with E-state index in [9.17, 15) is 16.8 Å². The highest BCUT2D eigenvalue weighted by Gasteiger charge is 2.16. The summed E-state index contributed by atoms with van der Waals surface area (Å²) in [6.45, 7) is 2.96. The summed E-state index contributed by atoms with van der Waals surface area (Å²) in [6, 6.07) is 12.2. The van der Waals surface area contributed by atoms with E-state index in [1.54, 1.807) is 12.1 Å². The number of sulfonamides is 1. The Morgan fingerprint density at radius 1 is 0.846 bits per heavy atom. The highest BCUT2D eigenvalue weighted by molar-refractivity contribution is 7.92. The summed E-state index contributed by atoms with van der Waals surface area (Å²) in [5.41, 5.74) is 1.45. The third-order valence-corrected chi connectivity index (χ3v) is 6.58. The largest absolute Gasteiger partial charge is 0.378 e. The molecule has 1 aliphatic rings. The Labute approximate surface area is 153 Å². The Hall–Kier alpha value is -2.10. The molecule has 2 aromatic carbocycles. The molecule has 0 saturated carbocycles. The summed E-state index contributed by atoms with van der Waals surface area (Å²) in [7, 11) is -7.16. The first kappa shape index (κ1) is 18.7. The van der Waals surface area contributed by atoms with Crippen LogP contribution in [0.4, 0.5) is 11.4 Å². The molecule has 1 aliphatic heterocycles. The maximum Gasteiger partial charge on any atom is 0.261 e. The molecule has 0 radical (unpaired) electrons. The zero-order valence-corrected chi connectivity index (χ0v) is 15.9. The third-order valence-electron chi connectivity index (χ3n) is 4.06. The van der Waals surface area contributed by atoms with Gasteiger partial charge < -0.3 is 9.64 Å². The van der Waals surface area contributed by atoms with Crippen molar-refractivity contribution >= 4 is 31.2 Å². The summed E-state index contributed by atoms with van der Waals surface area (Å²) in [4.78, 5) is 2.25. The minimum atomic E-state index is -3.79. The second kappa shape index (κ2) is 7.26. The molecule has 0 aliphatic carbocycles. The van der Waals surface area contributed by atoms with Gasteiger partial charge in [-0.15, -0.1) is 0 Å². The number of hydrogen-bond acceptors (Lipinski definition) is 6. The molecule has 1 fully saturated rings. The van der Waals surface area contributed by atoms with Crippen LogP contribution in [-0.2, 0) is 24.6 Å². The van der Waals surface area contributed by atoms with Crippen molar-refractivity contribution in [3.05, 3.63) is 48.5 Å². The van der Waals surface area contributed by atoms with Gasteiger partial charge in [0.15, 0.2) is 9.84 Å². The monoisotopic (exact) mass is 396 g/mol. The van der Waals surface area contributed by atoms with Gasteiger partial charge in [-0.2, -0.15) is 0 Å². The number of benzene rings is 2. The fourth-order valence-electron chi connectivity index (χ4n) is 2.64. The number of rotatable bonds is 5. The average Bonchev–Trinajstić information content (AvgIpc) is 2.62. The van der Waals surface area contributed by atoms with Crippen LogP contribution in [0.25, 0.3) is 0 Å². The van der Waals surface area contributed by atoms with Crippen LogP contribution in [-0.4, -0.2) is 49.4 Å². The molecule has 0 unspecified atom stereocenters. The van der Waals surface area contributed by atoms with Gasteiger partial charge in [-0.25, -0.2) is 16.8 Å². The number of ether oxygens (including phenoxy) is 1. The van der Waals surface area contributed by atoms with Crippen molar-refractivity contribution in [3.8, 4) is 0 Å². The van der Waals surface area contributed by atoms with Crippen molar-refractivity contribution in [2.75, 3.05) is 42.2 Å². The van der Waals surface area contributed by atoms with Gasteiger partial charge in [0.1, 0.15) is 0 Å². The molecule has 9 heteroatoms. The zero-order valence-electron chi connectivity index (χ0n) is 14.3. The molecule has 0 aromatic heterocycles. The number of sulfone groups is 1. The molecule has 1 N–H and O–H groups in total. The fourth-order valence-corrected chi connectivity index (χ4v) is 4.33. The summed E-state index contributed by atoms with van der Waals surface area (Å²) < 4.78 is 55.7. The quantitative estimate of drug-likeness (QED) is 0.827. The van der Waals surface area contributed by atoms with Crippen LogP contribution >= 0.6 is 0 Å². The second-order valence-corrected chi connectivity index (χ2v) is 9.69. The van der Waals surface area contributed by atoms with Gasteiger partial charge in [-0.1, -0.05) is 0 Å². The van der Waals surface area contributed by atoms with E-state index in [2.05, 4.69) is 9.62 Å². The van der Waals surface area contributed by atoms with E-state index < -0.39 is 19.9 Å². The van der Waals surface area contributed by atoms with Gasteiger partial charge in [0.2, 0.25) is 0 Å². The summed E-state index contributed by atoms with van der Waals surface area (Å²) in [6.07, 6.45) is 1.07. The van der Waals surface area contributed by atoms with Crippen molar-refractivity contribution in [1.29, 1.82) is 0 Å². The number of morpholine rings is 1. The van der Waals surface area contributed by atoms with Gasteiger partial charge in [0.25, 0.3) is 10.0 Å². The SMILES string of the molecule is CS(=O)(=O)c1ccc(S(=O)(=O)Nc2ccc(N3CCOCC3)cc2)cc1. The molecule has 140 valence electrons. The van der Waals surface area contributed by atoms with Crippen LogP contribution < -0.4 is 9.62 Å². The summed E-state index contributed by atoms with van der Waals surface area (Å²) >= 11 is 0. The minimum absolute atomic E-state index is 0.00200. The molecule has 2 aromatic rings. The molecular weight excluding hydrogens is 376 g/mol. The van der Waals surface area contributed by atoms with Crippen molar-refractivity contribution in [2.24, 2.45) is 0 Å². The first-order chi connectivity index (χ1) is 12.3. The molecule has 7 nitrogen and oxygen atoms in total. The van der Waals surface area contributed by atoms with Crippen molar-refractivity contribution in [3.63, 3.8) is 0 Å². The molecular formula is C17H20N2O5S2. The lowest BCUT2D eigenvalue weighted by Gasteiger charge is -2.28. The topological polar surface area (TPSA) is 92.8 Å². The lowest BCUT2D eigenvalue weighted by Crippen LogP contribution is -2.36.